The second-order valence-corrected chi connectivity index (χ2v) is 2.12. The smallest absolute Gasteiger partial charge is 0.388 e. The molecule has 0 atom stereocenters. The maximum absolute atomic E-state index is 11.8. The lowest BCUT2D eigenvalue weighted by Gasteiger charge is -2.06. The van der Waals surface area contributed by atoms with E-state index in [1.54, 1.807) is 0 Å². The molecule has 13 heavy (non-hydrogen) atoms. The second-order valence-electron chi connectivity index (χ2n) is 2.12. The minimum atomic E-state index is -3.03. The van der Waals surface area contributed by atoms with Gasteiger partial charge in [-0.15, -0.1) is 0 Å². The summed E-state index contributed by atoms with van der Waals surface area (Å²) in [5.74, 6) is -0.365. The number of alkyl halides is 4. The maximum atomic E-state index is 11.8. The van der Waals surface area contributed by atoms with Crippen molar-refractivity contribution in [1.29, 1.82) is 0 Å². The summed E-state index contributed by atoms with van der Waals surface area (Å²) in [6.45, 7) is -3.79. The van der Waals surface area contributed by atoms with Gasteiger partial charge in [0.15, 0.2) is 0 Å². The van der Waals surface area contributed by atoms with Crippen LogP contribution in [0.3, 0.4) is 0 Å². The Hall–Kier alpha value is -1.27. The van der Waals surface area contributed by atoms with Crippen LogP contribution >= 0.6 is 0 Å². The fourth-order valence-corrected chi connectivity index (χ4v) is 0.780. The van der Waals surface area contributed by atoms with E-state index in [-0.39, 0.29) is 5.88 Å². The van der Waals surface area contributed by atoms with Gasteiger partial charge in [0, 0.05) is 6.07 Å². The van der Waals surface area contributed by atoms with Crippen molar-refractivity contribution >= 4 is 0 Å². The predicted octanol–water partition coefficient (Wildman–Crippen LogP) is 1.75. The van der Waals surface area contributed by atoms with Crippen molar-refractivity contribution in [3.8, 4) is 5.88 Å². The number of nitrogens with zero attached hydrogens (tertiary/aromatic N) is 2. The lowest BCUT2D eigenvalue weighted by molar-refractivity contribution is -0.0573. The third-order valence-electron chi connectivity index (χ3n) is 1.20. The summed E-state index contributed by atoms with van der Waals surface area (Å²) in [6, 6.07) is 1.09. The van der Waals surface area contributed by atoms with Crippen molar-refractivity contribution in [2.24, 2.45) is 0 Å². The highest BCUT2D eigenvalue weighted by Gasteiger charge is 2.12. The number of hydrogen-bond acceptors (Lipinski definition) is 2. The molecule has 0 aliphatic rings. The highest BCUT2D eigenvalue weighted by molar-refractivity contribution is 5.07. The molecule has 0 fully saturated rings. The molecule has 0 aliphatic heterocycles. The Kier molecular flexibility index (Phi) is 3.10. The summed E-state index contributed by atoms with van der Waals surface area (Å²) < 4.78 is 51.5. The molecule has 0 saturated heterocycles. The van der Waals surface area contributed by atoms with Crippen LogP contribution in [0.1, 0.15) is 0 Å². The van der Waals surface area contributed by atoms with Crippen LogP contribution in [-0.2, 0) is 6.54 Å². The highest BCUT2D eigenvalue weighted by atomic mass is 19.3. The zero-order valence-electron chi connectivity index (χ0n) is 6.33. The molecule has 1 aromatic rings. The average Bonchev–Trinajstić information content (AvgIpc) is 2.34. The first kappa shape index (κ1) is 9.82. The van der Waals surface area contributed by atoms with Crippen LogP contribution in [0.2, 0.25) is 0 Å². The number of aromatic nitrogens is 2. The Bertz CT molecular complexity index is 238. The zero-order valence-corrected chi connectivity index (χ0v) is 6.33. The van der Waals surface area contributed by atoms with E-state index in [4.69, 9.17) is 0 Å². The van der Waals surface area contributed by atoms with E-state index >= 15 is 0 Å². The number of ether oxygens (including phenoxy) is 1. The molecular weight excluding hydrogens is 192 g/mol. The standard InChI is InChI=1S/C6H6F4N2O/c7-4(8)3-12-5(1-2-11-12)13-6(9)10/h1-2,4,6H,3H2. The van der Waals surface area contributed by atoms with E-state index in [0.29, 0.717) is 4.68 Å². The van der Waals surface area contributed by atoms with Gasteiger partial charge in [0.25, 0.3) is 6.43 Å². The van der Waals surface area contributed by atoms with Gasteiger partial charge in [-0.2, -0.15) is 13.9 Å². The van der Waals surface area contributed by atoms with E-state index in [0.717, 1.165) is 12.3 Å². The van der Waals surface area contributed by atoms with Crippen molar-refractivity contribution in [2.75, 3.05) is 0 Å². The Labute approximate surface area is 70.9 Å². The van der Waals surface area contributed by atoms with E-state index in [2.05, 4.69) is 9.84 Å². The molecule has 0 saturated carbocycles. The Morgan fingerprint density at radius 2 is 2.08 bits per heavy atom. The topological polar surface area (TPSA) is 27.1 Å². The van der Waals surface area contributed by atoms with Crippen LogP contribution in [0.15, 0.2) is 12.3 Å². The van der Waals surface area contributed by atoms with E-state index in [1.807, 2.05) is 0 Å². The van der Waals surface area contributed by atoms with Gasteiger partial charge in [0.2, 0.25) is 5.88 Å². The van der Waals surface area contributed by atoms with Crippen LogP contribution in [0.4, 0.5) is 17.6 Å². The van der Waals surface area contributed by atoms with Crippen LogP contribution in [0.25, 0.3) is 0 Å². The van der Waals surface area contributed by atoms with Gasteiger partial charge in [0.1, 0.15) is 6.54 Å². The van der Waals surface area contributed by atoms with Crippen molar-refractivity contribution in [3.05, 3.63) is 12.3 Å². The molecule has 7 heteroatoms. The average molecular weight is 198 g/mol. The Balaban J connectivity index is 2.65. The first-order valence-corrected chi connectivity index (χ1v) is 3.34. The van der Waals surface area contributed by atoms with Crippen molar-refractivity contribution < 1.29 is 22.3 Å². The molecule has 1 aromatic heterocycles. The fourth-order valence-electron chi connectivity index (χ4n) is 0.780. The van der Waals surface area contributed by atoms with Crippen LogP contribution in [0.5, 0.6) is 5.88 Å². The number of halogens is 4. The van der Waals surface area contributed by atoms with Crippen LogP contribution < -0.4 is 4.74 Å². The molecule has 0 aromatic carbocycles. The van der Waals surface area contributed by atoms with E-state index < -0.39 is 19.6 Å². The summed E-state index contributed by atoms with van der Waals surface area (Å²) in [5.41, 5.74) is 0. The summed E-state index contributed by atoms with van der Waals surface area (Å²) >= 11 is 0. The molecule has 0 amide bonds. The van der Waals surface area contributed by atoms with Gasteiger partial charge in [-0.1, -0.05) is 0 Å². The van der Waals surface area contributed by atoms with Crippen molar-refractivity contribution in [2.45, 2.75) is 19.6 Å². The van der Waals surface area contributed by atoms with Crippen molar-refractivity contribution in [1.82, 2.24) is 9.78 Å². The highest BCUT2D eigenvalue weighted by Crippen LogP contribution is 2.14. The molecule has 0 spiro atoms. The normalized spacial score (nSPS) is 11.2. The lowest BCUT2D eigenvalue weighted by atomic mass is 10.6. The SMILES string of the molecule is FC(F)Cn1nccc1OC(F)F. The third kappa shape index (κ3) is 2.92. The predicted molar refractivity (Wildman–Crippen MR) is 34.9 cm³/mol. The van der Waals surface area contributed by atoms with E-state index in [9.17, 15) is 17.6 Å². The molecular formula is C6H6F4N2O. The van der Waals surface area contributed by atoms with Gasteiger partial charge < -0.3 is 4.74 Å². The first-order valence-electron chi connectivity index (χ1n) is 3.34. The Morgan fingerprint density at radius 3 is 2.62 bits per heavy atom. The van der Waals surface area contributed by atoms with Gasteiger partial charge in [-0.3, -0.25) is 0 Å². The molecule has 0 aliphatic carbocycles. The summed E-state index contributed by atoms with van der Waals surface area (Å²) in [4.78, 5) is 0. The molecule has 1 rings (SSSR count). The lowest BCUT2D eigenvalue weighted by Crippen LogP contribution is -2.12. The monoisotopic (exact) mass is 198 g/mol. The Morgan fingerprint density at radius 1 is 1.38 bits per heavy atom. The molecule has 1 heterocycles. The zero-order chi connectivity index (χ0) is 9.84. The first-order chi connectivity index (χ1) is 6.09. The molecule has 0 N–H and O–H groups in total. The summed E-state index contributed by atoms with van der Waals surface area (Å²) in [6.07, 6.45) is -1.54. The molecule has 3 nitrogen and oxygen atoms in total. The number of hydrogen-bond donors (Lipinski definition) is 0. The molecule has 74 valence electrons. The van der Waals surface area contributed by atoms with Gasteiger partial charge in [0.05, 0.1) is 6.20 Å². The second kappa shape index (κ2) is 4.11. The van der Waals surface area contributed by atoms with Crippen LogP contribution in [0, 0.1) is 0 Å². The maximum Gasteiger partial charge on any atom is 0.388 e. The molecule has 0 radical (unpaired) electrons. The molecule has 0 bridgehead atoms. The van der Waals surface area contributed by atoms with E-state index in [1.165, 1.54) is 0 Å². The van der Waals surface area contributed by atoms with Crippen LogP contribution in [-0.4, -0.2) is 22.8 Å². The largest absolute Gasteiger partial charge is 0.417 e. The number of rotatable bonds is 4. The summed E-state index contributed by atoms with van der Waals surface area (Å²) in [5, 5.41) is 3.39. The van der Waals surface area contributed by atoms with Gasteiger partial charge in [-0.25, -0.2) is 13.5 Å². The fraction of sp³-hybridized carbons (Fsp3) is 0.500. The van der Waals surface area contributed by atoms with Gasteiger partial charge >= 0.3 is 6.61 Å². The van der Waals surface area contributed by atoms with Crippen molar-refractivity contribution in [3.63, 3.8) is 0 Å². The minimum Gasteiger partial charge on any atom is -0.417 e. The molecule has 0 unspecified atom stereocenters. The summed E-state index contributed by atoms with van der Waals surface area (Å²) in [7, 11) is 0. The third-order valence-corrected chi connectivity index (χ3v) is 1.20. The minimum absolute atomic E-state index is 0.365. The van der Waals surface area contributed by atoms with Gasteiger partial charge in [-0.05, 0) is 0 Å². The quantitative estimate of drug-likeness (QED) is 0.689.